The van der Waals surface area contributed by atoms with E-state index < -0.39 is 0 Å². The average molecular weight is 328 g/mol. The lowest BCUT2D eigenvalue weighted by Crippen LogP contribution is -2.11. The number of hydrogen-bond donors (Lipinski definition) is 1. The summed E-state index contributed by atoms with van der Waals surface area (Å²) in [7, 11) is 0. The standard InChI is InChI=1S/C17H14ClN3O2/c1-10-3-8-14(11(2)9-10)16-20-21-17(23-16)19-15(22)12-4-6-13(18)7-5-12/h3-9H,1-2H3,(H,19,21,22). The predicted molar refractivity (Wildman–Crippen MR) is 88.6 cm³/mol. The summed E-state index contributed by atoms with van der Waals surface area (Å²) >= 11 is 5.80. The molecule has 0 radical (unpaired) electrons. The van der Waals surface area contributed by atoms with Crippen LogP contribution < -0.4 is 5.32 Å². The van der Waals surface area contributed by atoms with Gasteiger partial charge < -0.3 is 4.42 Å². The van der Waals surface area contributed by atoms with Gasteiger partial charge in [0.1, 0.15) is 0 Å². The Bertz CT molecular complexity index is 857. The van der Waals surface area contributed by atoms with E-state index in [0.717, 1.165) is 16.7 Å². The number of nitrogens with one attached hydrogen (secondary N) is 1. The maximum absolute atomic E-state index is 12.1. The van der Waals surface area contributed by atoms with E-state index in [1.807, 2.05) is 32.0 Å². The third-order valence-electron chi connectivity index (χ3n) is 3.36. The van der Waals surface area contributed by atoms with Crippen molar-refractivity contribution in [2.45, 2.75) is 13.8 Å². The van der Waals surface area contributed by atoms with Crippen LogP contribution in [0.5, 0.6) is 0 Å². The van der Waals surface area contributed by atoms with Gasteiger partial charge in [0.25, 0.3) is 5.91 Å². The summed E-state index contributed by atoms with van der Waals surface area (Å²) in [5.74, 6) is 0.0337. The number of anilines is 1. The molecule has 0 saturated carbocycles. The minimum atomic E-state index is -0.336. The van der Waals surface area contributed by atoms with Crippen LogP contribution in [0.4, 0.5) is 6.01 Å². The van der Waals surface area contributed by atoms with Gasteiger partial charge in [-0.3, -0.25) is 10.1 Å². The summed E-state index contributed by atoms with van der Waals surface area (Å²) in [5.41, 5.74) is 3.49. The van der Waals surface area contributed by atoms with Crippen molar-refractivity contribution < 1.29 is 9.21 Å². The topological polar surface area (TPSA) is 68.0 Å². The second-order valence-electron chi connectivity index (χ2n) is 5.19. The van der Waals surface area contributed by atoms with Crippen LogP contribution in [0, 0.1) is 13.8 Å². The van der Waals surface area contributed by atoms with Crippen LogP contribution in [0.2, 0.25) is 5.02 Å². The Hall–Kier alpha value is -2.66. The van der Waals surface area contributed by atoms with Gasteiger partial charge in [-0.15, -0.1) is 5.10 Å². The van der Waals surface area contributed by atoms with E-state index >= 15 is 0 Å². The molecule has 0 aliphatic heterocycles. The Balaban J connectivity index is 1.79. The lowest BCUT2D eigenvalue weighted by molar-refractivity contribution is 0.102. The van der Waals surface area contributed by atoms with E-state index in [4.69, 9.17) is 16.0 Å². The van der Waals surface area contributed by atoms with Gasteiger partial charge in [0.05, 0.1) is 0 Å². The SMILES string of the molecule is Cc1ccc(-c2nnc(NC(=O)c3ccc(Cl)cc3)o2)c(C)c1. The summed E-state index contributed by atoms with van der Waals surface area (Å²) in [4.78, 5) is 12.1. The molecule has 1 heterocycles. The van der Waals surface area contributed by atoms with Crippen molar-refractivity contribution in [3.05, 3.63) is 64.2 Å². The van der Waals surface area contributed by atoms with E-state index in [1.165, 1.54) is 0 Å². The third kappa shape index (κ3) is 3.40. The summed E-state index contributed by atoms with van der Waals surface area (Å²) < 4.78 is 5.53. The summed E-state index contributed by atoms with van der Waals surface area (Å²) in [6, 6.07) is 12.5. The maximum Gasteiger partial charge on any atom is 0.322 e. The minimum absolute atomic E-state index is 0.0555. The number of aryl methyl sites for hydroxylation is 2. The van der Waals surface area contributed by atoms with Gasteiger partial charge in [-0.2, -0.15) is 0 Å². The Kier molecular flexibility index (Phi) is 4.12. The Morgan fingerprint density at radius 1 is 1.09 bits per heavy atom. The second-order valence-corrected chi connectivity index (χ2v) is 5.63. The van der Waals surface area contributed by atoms with Gasteiger partial charge in [0.2, 0.25) is 5.89 Å². The zero-order valence-corrected chi connectivity index (χ0v) is 13.4. The molecule has 6 heteroatoms. The lowest BCUT2D eigenvalue weighted by Gasteiger charge is -2.02. The Morgan fingerprint density at radius 2 is 1.83 bits per heavy atom. The first-order valence-corrected chi connectivity index (χ1v) is 7.39. The molecule has 3 rings (SSSR count). The van der Waals surface area contributed by atoms with Crippen molar-refractivity contribution in [1.82, 2.24) is 10.2 Å². The smallest absolute Gasteiger partial charge is 0.322 e. The molecule has 0 bridgehead atoms. The fraction of sp³-hybridized carbons (Fsp3) is 0.118. The normalized spacial score (nSPS) is 10.6. The molecule has 0 unspecified atom stereocenters. The fourth-order valence-corrected chi connectivity index (χ4v) is 2.33. The molecule has 116 valence electrons. The first-order valence-electron chi connectivity index (χ1n) is 7.01. The maximum atomic E-state index is 12.1. The second kappa shape index (κ2) is 6.22. The van der Waals surface area contributed by atoms with Crippen LogP contribution in [0.25, 0.3) is 11.5 Å². The Labute approximate surface area is 138 Å². The number of carbonyl (C=O) groups excluding carboxylic acids is 1. The molecule has 0 aliphatic carbocycles. The Morgan fingerprint density at radius 3 is 2.52 bits per heavy atom. The van der Waals surface area contributed by atoms with E-state index in [1.54, 1.807) is 24.3 Å². The van der Waals surface area contributed by atoms with E-state index in [2.05, 4.69) is 15.5 Å². The molecule has 1 N–H and O–H groups in total. The largest absolute Gasteiger partial charge is 0.403 e. The van der Waals surface area contributed by atoms with Gasteiger partial charge >= 0.3 is 6.01 Å². The van der Waals surface area contributed by atoms with Crippen LogP contribution in [0.15, 0.2) is 46.9 Å². The average Bonchev–Trinajstić information content (AvgIpc) is 2.96. The number of nitrogens with zero attached hydrogens (tertiary/aromatic N) is 2. The molecule has 5 nitrogen and oxygen atoms in total. The molecule has 1 aromatic heterocycles. The lowest BCUT2D eigenvalue weighted by atomic mass is 10.1. The molecule has 0 fully saturated rings. The van der Waals surface area contributed by atoms with Gasteiger partial charge in [0.15, 0.2) is 0 Å². The molecule has 0 aliphatic rings. The number of benzene rings is 2. The van der Waals surface area contributed by atoms with Crippen molar-refractivity contribution in [3.63, 3.8) is 0 Å². The zero-order valence-electron chi connectivity index (χ0n) is 12.6. The number of rotatable bonds is 3. The molecule has 0 atom stereocenters. The molecular weight excluding hydrogens is 314 g/mol. The monoisotopic (exact) mass is 327 g/mol. The highest BCUT2D eigenvalue weighted by atomic mass is 35.5. The van der Waals surface area contributed by atoms with Crippen molar-refractivity contribution in [2.24, 2.45) is 0 Å². The van der Waals surface area contributed by atoms with Gasteiger partial charge in [-0.25, -0.2) is 0 Å². The number of aromatic nitrogens is 2. The van der Waals surface area contributed by atoms with Crippen LogP contribution in [-0.4, -0.2) is 16.1 Å². The van der Waals surface area contributed by atoms with Crippen molar-refractivity contribution in [2.75, 3.05) is 5.32 Å². The van der Waals surface area contributed by atoms with Crippen molar-refractivity contribution in [1.29, 1.82) is 0 Å². The van der Waals surface area contributed by atoms with E-state index in [-0.39, 0.29) is 11.9 Å². The number of carbonyl (C=O) groups is 1. The van der Waals surface area contributed by atoms with Crippen LogP contribution >= 0.6 is 11.6 Å². The molecule has 0 saturated heterocycles. The van der Waals surface area contributed by atoms with Gasteiger partial charge in [0, 0.05) is 16.1 Å². The van der Waals surface area contributed by atoms with Gasteiger partial charge in [-0.05, 0) is 49.7 Å². The summed E-state index contributed by atoms with van der Waals surface area (Å²) in [6.07, 6.45) is 0. The number of amides is 1. The predicted octanol–water partition coefficient (Wildman–Crippen LogP) is 4.26. The molecule has 0 spiro atoms. The van der Waals surface area contributed by atoms with Gasteiger partial charge in [-0.1, -0.05) is 34.4 Å². The van der Waals surface area contributed by atoms with Crippen LogP contribution in [-0.2, 0) is 0 Å². The molecule has 23 heavy (non-hydrogen) atoms. The number of hydrogen-bond acceptors (Lipinski definition) is 4. The minimum Gasteiger partial charge on any atom is -0.403 e. The molecule has 3 aromatic rings. The highest BCUT2D eigenvalue weighted by Gasteiger charge is 2.14. The highest BCUT2D eigenvalue weighted by molar-refractivity contribution is 6.30. The highest BCUT2D eigenvalue weighted by Crippen LogP contribution is 2.24. The van der Waals surface area contributed by atoms with Crippen molar-refractivity contribution >= 4 is 23.5 Å². The third-order valence-corrected chi connectivity index (χ3v) is 3.62. The first-order chi connectivity index (χ1) is 11.0. The van der Waals surface area contributed by atoms with Crippen LogP contribution in [0.1, 0.15) is 21.5 Å². The molecular formula is C17H14ClN3O2. The molecule has 2 aromatic carbocycles. The van der Waals surface area contributed by atoms with Crippen LogP contribution in [0.3, 0.4) is 0 Å². The van der Waals surface area contributed by atoms with E-state index in [9.17, 15) is 4.79 Å². The van der Waals surface area contributed by atoms with Crippen molar-refractivity contribution in [3.8, 4) is 11.5 Å². The summed E-state index contributed by atoms with van der Waals surface area (Å²) in [5, 5.41) is 11.0. The number of halogens is 1. The molecule has 1 amide bonds. The first kappa shape index (κ1) is 15.2. The quantitative estimate of drug-likeness (QED) is 0.780. The van der Waals surface area contributed by atoms with E-state index in [0.29, 0.717) is 16.5 Å². The fourth-order valence-electron chi connectivity index (χ4n) is 2.21. The zero-order chi connectivity index (χ0) is 16.4. The summed E-state index contributed by atoms with van der Waals surface area (Å²) in [6.45, 7) is 3.99.